The van der Waals surface area contributed by atoms with E-state index in [9.17, 15) is 14.0 Å². The lowest BCUT2D eigenvalue weighted by atomic mass is 10.1. The average molecular weight is 331 g/mol. The second-order valence-electron chi connectivity index (χ2n) is 5.03. The Balaban J connectivity index is 2.01. The van der Waals surface area contributed by atoms with Crippen LogP contribution in [0, 0.1) is 5.82 Å². The van der Waals surface area contributed by atoms with Crippen LogP contribution in [0.25, 0.3) is 0 Å². The van der Waals surface area contributed by atoms with Crippen LogP contribution in [0.2, 0.25) is 0 Å². The minimum absolute atomic E-state index is 0.212. The van der Waals surface area contributed by atoms with Gasteiger partial charge in [0.15, 0.2) is 0 Å². The third-order valence-electron chi connectivity index (χ3n) is 3.16. The molecule has 126 valence electrons. The number of anilines is 1. The molecule has 0 aliphatic rings. The molecule has 0 fully saturated rings. The summed E-state index contributed by atoms with van der Waals surface area (Å²) in [7, 11) is 1.59. The predicted octanol–water partition coefficient (Wildman–Crippen LogP) is 2.24. The van der Waals surface area contributed by atoms with Crippen LogP contribution in [0.5, 0.6) is 0 Å². The lowest BCUT2D eigenvalue weighted by Gasteiger charge is -2.07. The fraction of sp³-hybridized carbons (Fsp3) is 0.235. The monoisotopic (exact) mass is 331 g/mol. The summed E-state index contributed by atoms with van der Waals surface area (Å²) in [6.45, 7) is 1.01. The van der Waals surface area contributed by atoms with Gasteiger partial charge in [-0.25, -0.2) is 4.39 Å². The van der Waals surface area contributed by atoms with Crippen molar-refractivity contribution < 1.29 is 18.7 Å². The van der Waals surface area contributed by atoms with E-state index in [2.05, 4.69) is 15.6 Å². The Kier molecular flexibility index (Phi) is 6.39. The van der Waals surface area contributed by atoms with E-state index in [1.54, 1.807) is 13.2 Å². The largest absolute Gasteiger partial charge is 0.385 e. The smallest absolute Gasteiger partial charge is 0.257 e. The van der Waals surface area contributed by atoms with E-state index in [4.69, 9.17) is 4.74 Å². The second kappa shape index (κ2) is 8.73. The van der Waals surface area contributed by atoms with Gasteiger partial charge in [0.1, 0.15) is 5.82 Å². The van der Waals surface area contributed by atoms with Crippen molar-refractivity contribution in [2.24, 2.45) is 0 Å². The fourth-order valence-electron chi connectivity index (χ4n) is 1.98. The van der Waals surface area contributed by atoms with E-state index in [1.807, 2.05) is 0 Å². The Bertz CT molecular complexity index is 722. The first-order valence-corrected chi connectivity index (χ1v) is 7.39. The van der Waals surface area contributed by atoms with Crippen LogP contribution in [-0.2, 0) is 4.74 Å². The minimum atomic E-state index is -0.470. The molecular formula is C17H18FN3O3. The molecule has 1 aromatic heterocycles. The van der Waals surface area contributed by atoms with E-state index in [0.29, 0.717) is 25.3 Å². The third-order valence-corrected chi connectivity index (χ3v) is 3.16. The number of nitrogens with zero attached hydrogens (tertiary/aromatic N) is 1. The van der Waals surface area contributed by atoms with Crippen LogP contribution >= 0.6 is 0 Å². The number of aromatic nitrogens is 1. The standard InChI is InChI=1S/C17H18FN3O3/c1-24-7-3-6-20-16(22)12-8-13(11-19-10-12)17(23)21-15-5-2-4-14(18)9-15/h2,4-5,8-11H,3,6-7H2,1H3,(H,20,22)(H,21,23). The molecule has 7 heteroatoms. The van der Waals surface area contributed by atoms with Gasteiger partial charge in [-0.1, -0.05) is 6.07 Å². The summed E-state index contributed by atoms with van der Waals surface area (Å²) in [4.78, 5) is 28.1. The first-order valence-electron chi connectivity index (χ1n) is 7.39. The molecule has 2 N–H and O–H groups in total. The number of methoxy groups -OCH3 is 1. The van der Waals surface area contributed by atoms with Gasteiger partial charge in [-0.15, -0.1) is 0 Å². The molecule has 0 atom stereocenters. The molecular weight excluding hydrogens is 313 g/mol. The number of hydrogen-bond acceptors (Lipinski definition) is 4. The highest BCUT2D eigenvalue weighted by Crippen LogP contribution is 2.11. The summed E-state index contributed by atoms with van der Waals surface area (Å²) in [6, 6.07) is 6.99. The lowest BCUT2D eigenvalue weighted by molar-refractivity contribution is 0.0948. The maximum atomic E-state index is 13.1. The van der Waals surface area contributed by atoms with Crippen molar-refractivity contribution in [1.29, 1.82) is 0 Å². The Labute approximate surface area is 139 Å². The predicted molar refractivity (Wildman–Crippen MR) is 87.4 cm³/mol. The van der Waals surface area contributed by atoms with Gasteiger partial charge < -0.3 is 15.4 Å². The number of amides is 2. The average Bonchev–Trinajstić information content (AvgIpc) is 2.58. The van der Waals surface area contributed by atoms with Crippen molar-refractivity contribution >= 4 is 17.5 Å². The molecule has 0 spiro atoms. The maximum absolute atomic E-state index is 13.1. The molecule has 24 heavy (non-hydrogen) atoms. The molecule has 2 amide bonds. The molecule has 6 nitrogen and oxygen atoms in total. The number of carbonyl (C=O) groups excluding carboxylic acids is 2. The Morgan fingerprint density at radius 1 is 1.17 bits per heavy atom. The molecule has 0 saturated heterocycles. The first-order chi connectivity index (χ1) is 11.6. The Morgan fingerprint density at radius 2 is 1.92 bits per heavy atom. The van der Waals surface area contributed by atoms with Gasteiger partial charge in [-0.3, -0.25) is 14.6 Å². The maximum Gasteiger partial charge on any atom is 0.257 e. The molecule has 0 unspecified atom stereocenters. The highest BCUT2D eigenvalue weighted by atomic mass is 19.1. The van der Waals surface area contributed by atoms with E-state index in [1.165, 1.54) is 36.7 Å². The molecule has 0 saturated carbocycles. The SMILES string of the molecule is COCCCNC(=O)c1cncc(C(=O)Nc2cccc(F)c2)c1. The first kappa shape index (κ1) is 17.6. The molecule has 0 radical (unpaired) electrons. The number of rotatable bonds is 7. The number of nitrogens with one attached hydrogen (secondary N) is 2. The number of ether oxygens (including phenoxy) is 1. The minimum Gasteiger partial charge on any atom is -0.385 e. The quantitative estimate of drug-likeness (QED) is 0.763. The number of benzene rings is 1. The van der Waals surface area contributed by atoms with E-state index >= 15 is 0 Å². The molecule has 0 aliphatic carbocycles. The summed E-state index contributed by atoms with van der Waals surface area (Å²) < 4.78 is 18.0. The van der Waals surface area contributed by atoms with Crippen molar-refractivity contribution in [2.45, 2.75) is 6.42 Å². The molecule has 0 aliphatic heterocycles. The zero-order chi connectivity index (χ0) is 17.4. The van der Waals surface area contributed by atoms with Crippen LogP contribution in [-0.4, -0.2) is 37.1 Å². The Hall–Kier alpha value is -2.80. The molecule has 1 aromatic carbocycles. The van der Waals surface area contributed by atoms with Gasteiger partial charge in [0.2, 0.25) is 0 Å². The van der Waals surface area contributed by atoms with Gasteiger partial charge >= 0.3 is 0 Å². The van der Waals surface area contributed by atoms with Gasteiger partial charge in [0.25, 0.3) is 11.8 Å². The van der Waals surface area contributed by atoms with Crippen LogP contribution in [0.1, 0.15) is 27.1 Å². The number of carbonyl (C=O) groups is 2. The normalized spacial score (nSPS) is 10.2. The third kappa shape index (κ3) is 5.13. The van der Waals surface area contributed by atoms with Crippen molar-refractivity contribution in [1.82, 2.24) is 10.3 Å². The van der Waals surface area contributed by atoms with Gasteiger partial charge in [0, 0.05) is 38.3 Å². The van der Waals surface area contributed by atoms with E-state index in [-0.39, 0.29) is 17.0 Å². The fourth-order valence-corrected chi connectivity index (χ4v) is 1.98. The molecule has 2 rings (SSSR count). The second-order valence-corrected chi connectivity index (χ2v) is 5.03. The van der Waals surface area contributed by atoms with Crippen LogP contribution in [0.3, 0.4) is 0 Å². The van der Waals surface area contributed by atoms with Crippen molar-refractivity contribution in [3.05, 3.63) is 59.7 Å². The highest BCUT2D eigenvalue weighted by Gasteiger charge is 2.11. The van der Waals surface area contributed by atoms with Crippen molar-refractivity contribution in [2.75, 3.05) is 25.6 Å². The summed E-state index contributed by atoms with van der Waals surface area (Å²) in [5, 5.41) is 5.27. The zero-order valence-electron chi connectivity index (χ0n) is 13.2. The van der Waals surface area contributed by atoms with Crippen molar-refractivity contribution in [3.63, 3.8) is 0 Å². The van der Waals surface area contributed by atoms with Gasteiger partial charge in [-0.05, 0) is 30.7 Å². The number of hydrogen-bond donors (Lipinski definition) is 2. The molecule has 0 bridgehead atoms. The summed E-state index contributed by atoms with van der Waals surface area (Å²) in [5.41, 5.74) is 0.817. The summed E-state index contributed by atoms with van der Waals surface area (Å²) >= 11 is 0. The molecule has 1 heterocycles. The van der Waals surface area contributed by atoms with Gasteiger partial charge in [-0.2, -0.15) is 0 Å². The van der Waals surface area contributed by atoms with Crippen LogP contribution < -0.4 is 10.6 Å². The van der Waals surface area contributed by atoms with Gasteiger partial charge in [0.05, 0.1) is 11.1 Å². The van der Waals surface area contributed by atoms with Crippen molar-refractivity contribution in [3.8, 4) is 0 Å². The Morgan fingerprint density at radius 3 is 2.62 bits per heavy atom. The van der Waals surface area contributed by atoms with E-state index in [0.717, 1.165) is 0 Å². The van der Waals surface area contributed by atoms with Crippen LogP contribution in [0.15, 0.2) is 42.7 Å². The van der Waals surface area contributed by atoms with Crippen LogP contribution in [0.4, 0.5) is 10.1 Å². The summed E-state index contributed by atoms with van der Waals surface area (Å²) in [6.07, 6.45) is 3.41. The number of pyridine rings is 1. The molecule has 2 aromatic rings. The zero-order valence-corrected chi connectivity index (χ0v) is 13.2. The number of halogens is 1. The van der Waals surface area contributed by atoms with E-state index < -0.39 is 11.7 Å². The highest BCUT2D eigenvalue weighted by molar-refractivity contribution is 6.05. The topological polar surface area (TPSA) is 80.3 Å². The summed E-state index contributed by atoms with van der Waals surface area (Å²) in [5.74, 6) is -1.24. The lowest BCUT2D eigenvalue weighted by Crippen LogP contribution is -2.25.